The van der Waals surface area contributed by atoms with E-state index in [0.717, 1.165) is 30.0 Å². The van der Waals surface area contributed by atoms with Crippen molar-refractivity contribution in [3.63, 3.8) is 0 Å². The molecule has 0 N–H and O–H groups in total. The van der Waals surface area contributed by atoms with Crippen LogP contribution < -0.4 is 0 Å². The van der Waals surface area contributed by atoms with Gasteiger partial charge in [0, 0.05) is 27.0 Å². The molecule has 0 amide bonds. The van der Waals surface area contributed by atoms with E-state index >= 15 is 0 Å². The second-order valence-corrected chi connectivity index (χ2v) is 18.0. The maximum absolute atomic E-state index is 13.7. The van der Waals surface area contributed by atoms with Crippen LogP contribution in [0.1, 0.15) is 21.5 Å². The monoisotopic (exact) mass is 760 g/mol. The third-order valence-corrected chi connectivity index (χ3v) is 9.22. The van der Waals surface area contributed by atoms with E-state index in [9.17, 15) is 30.5 Å². The number of carbonyl (C=O) groups excluding carboxylic acids is 1. The number of hydrogen-bond acceptors (Lipinski definition) is 2. The molecule has 230 valence electrons. The van der Waals surface area contributed by atoms with Gasteiger partial charge in [-0.3, -0.25) is 4.79 Å². The quantitative estimate of drug-likeness (QED) is 0.0711. The Balaban J connectivity index is 0.000000566. The van der Waals surface area contributed by atoms with E-state index < -0.39 is 30.4 Å². The van der Waals surface area contributed by atoms with Gasteiger partial charge in [0.25, 0.3) is 0 Å². The summed E-state index contributed by atoms with van der Waals surface area (Å²) in [6, 6.07) is 36.3. The zero-order valence-corrected chi connectivity index (χ0v) is 26.9. The van der Waals surface area contributed by atoms with Crippen molar-refractivity contribution >= 4 is 47.9 Å². The van der Waals surface area contributed by atoms with Crippen molar-refractivity contribution in [3.8, 4) is 0 Å². The van der Waals surface area contributed by atoms with Crippen LogP contribution in [-0.4, -0.2) is 25.3 Å². The van der Waals surface area contributed by atoms with E-state index in [0.29, 0.717) is 11.1 Å². The molecule has 0 aliphatic heterocycles. The van der Waals surface area contributed by atoms with Crippen LogP contribution in [0.3, 0.4) is 0 Å². The predicted molar refractivity (Wildman–Crippen MR) is 159 cm³/mol. The van der Waals surface area contributed by atoms with Crippen LogP contribution in [0, 0.1) is 18.6 Å². The fourth-order valence-electron chi connectivity index (χ4n) is 4.00. The Bertz CT molecular complexity index is 1710. The Kier molecular flexibility index (Phi) is 9.64. The van der Waals surface area contributed by atoms with Crippen molar-refractivity contribution in [1.82, 2.24) is 0 Å². The Morgan fingerprint density at radius 2 is 1.11 bits per heavy atom. The molecule has 44 heavy (non-hydrogen) atoms. The van der Waals surface area contributed by atoms with Crippen LogP contribution in [0.2, 0.25) is 0 Å². The molecule has 0 atom stereocenters. The Morgan fingerprint density at radius 3 is 1.61 bits per heavy atom. The van der Waals surface area contributed by atoms with Gasteiger partial charge in [0.15, 0.2) is 20.5 Å². The molecule has 12 heteroatoms. The number of ketones is 1. The van der Waals surface area contributed by atoms with Crippen LogP contribution in [-0.2, 0) is 10.9 Å². The molecule has 0 aliphatic carbocycles. The van der Waals surface area contributed by atoms with E-state index in [4.69, 9.17) is 0 Å². The average molecular weight is 761 g/mol. The second kappa shape index (κ2) is 12.6. The first-order valence-corrected chi connectivity index (χ1v) is 20.6. The van der Waals surface area contributed by atoms with E-state index in [-0.39, 0.29) is 17.4 Å². The number of hydrogen-bond donors (Lipinski definition) is 0. The molecule has 0 radical (unpaired) electrons. The molecule has 0 fully saturated rings. The standard InChI is InChI=1S/C32H23F2OS2.6FH.Sb/c1-22-20-24(32(35)23-6-3-2-4-7-23)10-19-31(22)36-27-8-5-9-30(21-27)37(28-15-11-25(33)12-16-28)29-17-13-26(34)14-18-29;;;;;;;/h2-21H,1H3;6*1H;/q+1;;;;;;;+5/p-6. The Morgan fingerprint density at radius 1 is 0.591 bits per heavy atom. The number of rotatable bonds is 7. The zero-order chi connectivity index (χ0) is 32.2. The third kappa shape index (κ3) is 10.7. The minimum atomic E-state index is -11.2. The molecular formula is C32H23F8OS2Sb. The van der Waals surface area contributed by atoms with Gasteiger partial charge in [0.05, 0.1) is 10.9 Å². The number of halogens is 8. The van der Waals surface area contributed by atoms with Crippen molar-refractivity contribution in [3.05, 3.63) is 150 Å². The number of benzene rings is 5. The van der Waals surface area contributed by atoms with E-state index in [1.54, 1.807) is 36.0 Å². The van der Waals surface area contributed by atoms with Crippen LogP contribution >= 0.6 is 11.8 Å². The summed E-state index contributed by atoms with van der Waals surface area (Å²) >= 11 is -9.62. The summed E-state index contributed by atoms with van der Waals surface area (Å²) in [4.78, 5) is 17.9. The summed E-state index contributed by atoms with van der Waals surface area (Å²) < 4.78 is 86.9. The van der Waals surface area contributed by atoms with E-state index in [1.165, 1.54) is 24.3 Å². The van der Waals surface area contributed by atoms with Gasteiger partial charge in [0.1, 0.15) is 11.6 Å². The zero-order valence-electron chi connectivity index (χ0n) is 22.7. The van der Waals surface area contributed by atoms with Crippen molar-refractivity contribution in [2.45, 2.75) is 31.4 Å². The first-order valence-electron chi connectivity index (χ1n) is 12.7. The Hall–Kier alpha value is -3.27. The first kappa shape index (κ1) is 33.6. The van der Waals surface area contributed by atoms with Crippen molar-refractivity contribution in [1.29, 1.82) is 0 Å². The predicted octanol–water partition coefficient (Wildman–Crippen LogP) is 10.9. The topological polar surface area (TPSA) is 17.1 Å². The van der Waals surface area contributed by atoms with Gasteiger partial charge < -0.3 is 0 Å². The fraction of sp³-hybridized carbons (Fsp3) is 0.0312. The van der Waals surface area contributed by atoms with Crippen molar-refractivity contribution < 1.29 is 30.5 Å². The summed E-state index contributed by atoms with van der Waals surface area (Å²) in [6.45, 7) is 2.01. The van der Waals surface area contributed by atoms with Crippen LogP contribution in [0.5, 0.6) is 0 Å². The summed E-state index contributed by atoms with van der Waals surface area (Å²) in [7, 11) is -0.527. The van der Waals surface area contributed by atoms with Gasteiger partial charge in [0.2, 0.25) is 0 Å². The molecule has 0 spiro atoms. The molecule has 0 heterocycles. The summed E-state index contributed by atoms with van der Waals surface area (Å²) in [6.07, 6.45) is 0. The molecule has 5 rings (SSSR count). The molecular weight excluding hydrogens is 738 g/mol. The molecule has 0 aliphatic rings. The molecule has 0 saturated heterocycles. The minimum absolute atomic E-state index is 0.00452. The average Bonchev–Trinajstić information content (AvgIpc) is 2.95. The van der Waals surface area contributed by atoms with Crippen molar-refractivity contribution in [2.24, 2.45) is 0 Å². The van der Waals surface area contributed by atoms with Gasteiger partial charge >= 0.3 is 36.4 Å². The molecule has 5 aromatic rings. The van der Waals surface area contributed by atoms with E-state index in [2.05, 4.69) is 6.07 Å². The van der Waals surface area contributed by atoms with Gasteiger partial charge in [-0.25, -0.2) is 8.78 Å². The summed E-state index contributed by atoms with van der Waals surface area (Å²) in [5.74, 6) is -0.578. The van der Waals surface area contributed by atoms with Crippen LogP contribution in [0.25, 0.3) is 0 Å². The molecule has 0 aromatic heterocycles. The van der Waals surface area contributed by atoms with E-state index in [1.807, 2.05) is 73.7 Å². The van der Waals surface area contributed by atoms with Crippen molar-refractivity contribution in [2.75, 3.05) is 0 Å². The molecule has 0 unspecified atom stereocenters. The van der Waals surface area contributed by atoms with Gasteiger partial charge in [-0.05, 0) is 91.3 Å². The summed E-state index contributed by atoms with van der Waals surface area (Å²) in [5.41, 5.74) is 2.35. The molecule has 0 saturated carbocycles. The normalized spacial score (nSPS) is 13.0. The van der Waals surface area contributed by atoms with Crippen LogP contribution in [0.4, 0.5) is 25.7 Å². The maximum atomic E-state index is 13.7. The molecule has 0 bridgehead atoms. The first-order chi connectivity index (χ1) is 20.4. The van der Waals surface area contributed by atoms with Gasteiger partial charge in [-0.1, -0.05) is 48.2 Å². The van der Waals surface area contributed by atoms with Gasteiger partial charge in [-0.15, -0.1) is 0 Å². The SMILES string of the molecule is Cc1cc(C(=O)c2ccccc2)ccc1Sc1cccc([S+](c2ccc(F)cc2)c2ccc(F)cc2)c1.[F][Sb-]([F])([F])([F])([F])[F]. The van der Waals surface area contributed by atoms with Crippen LogP contribution in [0.15, 0.2) is 146 Å². The molecule has 5 aromatic carbocycles. The number of carbonyl (C=O) groups is 1. The third-order valence-electron chi connectivity index (χ3n) is 5.84. The Labute approximate surface area is 258 Å². The molecule has 1 nitrogen and oxygen atoms in total. The number of aryl methyl sites for hydroxylation is 1. The van der Waals surface area contributed by atoms with Gasteiger partial charge in [-0.2, -0.15) is 0 Å². The fourth-order valence-corrected chi connectivity index (χ4v) is 7.11. The summed E-state index contributed by atoms with van der Waals surface area (Å²) in [5, 5.41) is 0. The second-order valence-electron chi connectivity index (χ2n) is 9.42.